The zero-order chi connectivity index (χ0) is 39.2. The predicted octanol–water partition coefficient (Wildman–Crippen LogP) is 12.6. The van der Waals surface area contributed by atoms with Crippen LogP contribution in [0.25, 0.3) is 16.7 Å². The number of allylic oxidation sites excluding steroid dienone is 7. The third kappa shape index (κ3) is 9.68. The van der Waals surface area contributed by atoms with Crippen molar-refractivity contribution in [2.45, 2.75) is 66.5 Å². The third-order valence-corrected chi connectivity index (χ3v) is 9.57. The zero-order valence-electron chi connectivity index (χ0n) is 33.1. The van der Waals surface area contributed by atoms with Crippen molar-refractivity contribution in [2.75, 3.05) is 10.2 Å². The van der Waals surface area contributed by atoms with Crippen LogP contribution in [-0.4, -0.2) is 18.1 Å². The van der Waals surface area contributed by atoms with Crippen LogP contribution in [0.5, 0.6) is 0 Å². The lowest BCUT2D eigenvalue weighted by atomic mass is 9.88. The first-order chi connectivity index (χ1) is 27.0. The van der Waals surface area contributed by atoms with Crippen molar-refractivity contribution in [3.63, 3.8) is 0 Å². The summed E-state index contributed by atoms with van der Waals surface area (Å²) >= 11 is 0. The third-order valence-electron chi connectivity index (χ3n) is 9.57. The summed E-state index contributed by atoms with van der Waals surface area (Å²) in [6, 6.07) is 36.2. The minimum Gasteiger partial charge on any atom is -0.399 e. The van der Waals surface area contributed by atoms with Gasteiger partial charge < -0.3 is 16.0 Å². The molecule has 2 heterocycles. The topological polar surface area (TPSA) is 66.0 Å². The van der Waals surface area contributed by atoms with Crippen molar-refractivity contribution in [2.24, 2.45) is 15.7 Å². The van der Waals surface area contributed by atoms with Gasteiger partial charge in [-0.05, 0) is 83.5 Å². The molecule has 4 aromatic rings. The van der Waals surface area contributed by atoms with Gasteiger partial charge in [0, 0.05) is 64.9 Å². The SMILES string of the molecule is C=C(N)C1=CC=CCC1.C=C1N=C/C=C\N(c2ccccc2)C2=C1C=C(c1cccc3c1-c1ccccc1NC(/N=C(\C)c1ccccc1)C3)C2.CC.CC. The minimum atomic E-state index is -0.0772. The van der Waals surface area contributed by atoms with Crippen LogP contribution in [0.1, 0.15) is 70.6 Å². The van der Waals surface area contributed by atoms with Crippen molar-refractivity contribution >= 4 is 28.9 Å². The number of para-hydroxylation sites is 2. The average Bonchev–Trinajstić information content (AvgIpc) is 3.60. The van der Waals surface area contributed by atoms with Gasteiger partial charge in [-0.25, -0.2) is 0 Å². The van der Waals surface area contributed by atoms with E-state index >= 15 is 0 Å². The summed E-state index contributed by atoms with van der Waals surface area (Å²) in [6.45, 7) is 18.1. The van der Waals surface area contributed by atoms with E-state index in [2.05, 4.69) is 151 Å². The summed E-state index contributed by atoms with van der Waals surface area (Å²) in [5.74, 6) is 0. The molecule has 5 nitrogen and oxygen atoms in total. The van der Waals surface area contributed by atoms with E-state index in [0.717, 1.165) is 59.6 Å². The van der Waals surface area contributed by atoms with Crippen molar-refractivity contribution < 1.29 is 0 Å². The molecule has 0 saturated carbocycles. The van der Waals surface area contributed by atoms with Gasteiger partial charge in [0.15, 0.2) is 0 Å². The maximum absolute atomic E-state index is 5.47. The van der Waals surface area contributed by atoms with Crippen LogP contribution in [0.15, 0.2) is 191 Å². The first kappa shape index (κ1) is 40.0. The molecule has 2 aliphatic carbocycles. The Morgan fingerprint density at radius 1 is 0.855 bits per heavy atom. The van der Waals surface area contributed by atoms with E-state index in [1.54, 1.807) is 0 Å². The molecule has 0 saturated heterocycles. The maximum Gasteiger partial charge on any atom is 0.123 e. The van der Waals surface area contributed by atoms with Crippen LogP contribution in [0.3, 0.4) is 0 Å². The summed E-state index contributed by atoms with van der Waals surface area (Å²) in [6.07, 6.45) is 18.0. The van der Waals surface area contributed by atoms with Crippen molar-refractivity contribution in [1.29, 1.82) is 0 Å². The highest BCUT2D eigenvalue weighted by atomic mass is 15.1. The number of anilines is 2. The molecule has 0 fully saturated rings. The van der Waals surface area contributed by atoms with Gasteiger partial charge in [-0.2, -0.15) is 0 Å². The zero-order valence-corrected chi connectivity index (χ0v) is 33.1. The van der Waals surface area contributed by atoms with Crippen molar-refractivity contribution in [3.05, 3.63) is 198 Å². The molecule has 280 valence electrons. The second-order valence-corrected chi connectivity index (χ2v) is 13.0. The highest BCUT2D eigenvalue weighted by Crippen LogP contribution is 2.45. The molecule has 1 atom stereocenters. The standard InChI is InChI=1S/C38H32N4.C8H11N.2C2H6/c1-26(28-13-5-3-6-14-28)40-37-25-29-15-11-19-32(38(29)33-18-9-10-20-35(33)41-37)30-23-34-27(2)39-21-12-22-42(36(34)24-30)31-16-7-4-8-17-31;1-7(9)8-5-3-2-4-6-8;2*1-2/h3-23,37,41H,2,24-25H2,1H3;2-3,5H,1,4,6,9H2;2*1-2H3/b22-12-,39-21?,40-26+;;;. The number of nitrogens with zero attached hydrogens (tertiary/aromatic N) is 3. The average molecular weight is 726 g/mol. The molecule has 1 unspecified atom stereocenters. The summed E-state index contributed by atoms with van der Waals surface area (Å²) in [5.41, 5.74) is 21.1. The van der Waals surface area contributed by atoms with Gasteiger partial charge in [0.2, 0.25) is 0 Å². The number of nitrogens with two attached hydrogens (primary N) is 1. The molecular formula is C50H55N5. The molecular weight excluding hydrogens is 671 g/mol. The van der Waals surface area contributed by atoms with E-state index in [1.165, 1.54) is 39.1 Å². The first-order valence-corrected chi connectivity index (χ1v) is 19.5. The van der Waals surface area contributed by atoms with E-state index in [9.17, 15) is 0 Å². The van der Waals surface area contributed by atoms with Gasteiger partial charge in [0.1, 0.15) is 6.17 Å². The summed E-state index contributed by atoms with van der Waals surface area (Å²) in [5, 5.41) is 3.76. The Morgan fingerprint density at radius 2 is 1.55 bits per heavy atom. The first-order valence-electron chi connectivity index (χ1n) is 19.5. The summed E-state index contributed by atoms with van der Waals surface area (Å²) in [7, 11) is 0. The Hall–Kier alpha value is -6.20. The molecule has 2 aliphatic heterocycles. The van der Waals surface area contributed by atoms with Gasteiger partial charge in [-0.15, -0.1) is 0 Å². The fourth-order valence-electron chi connectivity index (χ4n) is 7.03. The lowest BCUT2D eigenvalue weighted by Gasteiger charge is -2.25. The van der Waals surface area contributed by atoms with Gasteiger partial charge in [0.05, 0.1) is 5.70 Å². The molecule has 0 radical (unpaired) electrons. The maximum atomic E-state index is 5.47. The molecule has 8 rings (SSSR count). The van der Waals surface area contributed by atoms with Crippen LogP contribution >= 0.6 is 0 Å². The second kappa shape index (κ2) is 19.8. The van der Waals surface area contributed by atoms with Gasteiger partial charge in [0.25, 0.3) is 0 Å². The number of hydrogen-bond acceptors (Lipinski definition) is 5. The largest absolute Gasteiger partial charge is 0.399 e. The van der Waals surface area contributed by atoms with Crippen LogP contribution in [-0.2, 0) is 6.42 Å². The highest BCUT2D eigenvalue weighted by molar-refractivity contribution is 5.99. The van der Waals surface area contributed by atoms with E-state index in [1.807, 2.05) is 58.2 Å². The number of aliphatic imine (C=N–C) groups is 2. The van der Waals surface area contributed by atoms with Gasteiger partial charge >= 0.3 is 0 Å². The van der Waals surface area contributed by atoms with Gasteiger partial charge in [-0.1, -0.05) is 144 Å². The molecule has 0 aromatic heterocycles. The Bertz CT molecular complexity index is 2180. The smallest absolute Gasteiger partial charge is 0.123 e. The van der Waals surface area contributed by atoms with Crippen molar-refractivity contribution in [1.82, 2.24) is 0 Å². The molecule has 4 aliphatic rings. The predicted molar refractivity (Wildman–Crippen MR) is 239 cm³/mol. The number of benzene rings is 4. The highest BCUT2D eigenvalue weighted by Gasteiger charge is 2.28. The number of rotatable bonds is 5. The Morgan fingerprint density at radius 3 is 2.24 bits per heavy atom. The lowest BCUT2D eigenvalue weighted by Crippen LogP contribution is -2.20. The monoisotopic (exact) mass is 725 g/mol. The molecule has 55 heavy (non-hydrogen) atoms. The fraction of sp³-hybridized carbons (Fsp3) is 0.200. The Kier molecular flexibility index (Phi) is 14.4. The second-order valence-electron chi connectivity index (χ2n) is 13.0. The van der Waals surface area contributed by atoms with Crippen LogP contribution in [0.4, 0.5) is 11.4 Å². The summed E-state index contributed by atoms with van der Waals surface area (Å²) < 4.78 is 0. The lowest BCUT2D eigenvalue weighted by molar-refractivity contribution is 0.762. The molecule has 5 heteroatoms. The fourth-order valence-corrected chi connectivity index (χ4v) is 7.03. The van der Waals surface area contributed by atoms with Crippen LogP contribution < -0.4 is 16.0 Å². The number of fused-ring (bicyclic) bond motifs is 3. The molecule has 0 bridgehead atoms. The van der Waals surface area contributed by atoms with Crippen molar-refractivity contribution in [3.8, 4) is 11.1 Å². The Balaban J connectivity index is 0.000000386. The van der Waals surface area contributed by atoms with E-state index in [0.29, 0.717) is 5.70 Å². The quantitative estimate of drug-likeness (QED) is 0.201. The normalized spacial score (nSPS) is 17.3. The Labute approximate surface area is 329 Å². The van der Waals surface area contributed by atoms with Gasteiger partial charge in [-0.3, -0.25) is 9.98 Å². The minimum absolute atomic E-state index is 0.0772. The molecule has 4 aromatic carbocycles. The molecule has 0 amide bonds. The van der Waals surface area contributed by atoms with E-state index in [-0.39, 0.29) is 6.17 Å². The van der Waals surface area contributed by atoms with E-state index < -0.39 is 0 Å². The van der Waals surface area contributed by atoms with Crippen LogP contribution in [0.2, 0.25) is 0 Å². The number of hydrogen-bond donors (Lipinski definition) is 2. The molecule has 3 N–H and O–H groups in total. The number of nitrogens with one attached hydrogen (secondary N) is 1. The van der Waals surface area contributed by atoms with E-state index in [4.69, 9.17) is 10.7 Å². The summed E-state index contributed by atoms with van der Waals surface area (Å²) in [4.78, 5) is 12.1. The molecule has 0 spiro atoms. The van der Waals surface area contributed by atoms with Crippen LogP contribution in [0, 0.1) is 0 Å².